The van der Waals surface area contributed by atoms with Crippen LogP contribution in [0.5, 0.6) is 5.75 Å². The summed E-state index contributed by atoms with van der Waals surface area (Å²) in [5.74, 6) is 1.59. The van der Waals surface area contributed by atoms with Gasteiger partial charge in [-0.15, -0.1) is 0 Å². The molecule has 1 saturated heterocycles. The van der Waals surface area contributed by atoms with Gasteiger partial charge in [-0.3, -0.25) is 0 Å². The highest BCUT2D eigenvalue weighted by Crippen LogP contribution is 2.38. The monoisotopic (exact) mass is 248 g/mol. The van der Waals surface area contributed by atoms with Gasteiger partial charge in [0.25, 0.3) is 0 Å². The lowest BCUT2D eigenvalue weighted by Crippen LogP contribution is -2.06. The van der Waals surface area contributed by atoms with E-state index in [4.69, 9.17) is 9.47 Å². The van der Waals surface area contributed by atoms with Crippen molar-refractivity contribution in [3.63, 3.8) is 0 Å². The fourth-order valence-electron chi connectivity index (χ4n) is 2.55. The van der Waals surface area contributed by atoms with Crippen molar-refractivity contribution in [2.45, 2.75) is 58.7 Å². The lowest BCUT2D eigenvalue weighted by Gasteiger charge is -2.19. The van der Waals surface area contributed by atoms with Crippen LogP contribution < -0.4 is 4.74 Å². The summed E-state index contributed by atoms with van der Waals surface area (Å²) in [6.07, 6.45) is 3.14. The molecule has 1 fully saturated rings. The third kappa shape index (κ3) is 3.05. The largest absolute Gasteiger partial charge is 0.494 e. The van der Waals surface area contributed by atoms with Gasteiger partial charge >= 0.3 is 0 Å². The first-order valence-electron chi connectivity index (χ1n) is 7.04. The van der Waals surface area contributed by atoms with Crippen LogP contribution in [0.1, 0.15) is 50.7 Å². The van der Waals surface area contributed by atoms with Gasteiger partial charge in [-0.05, 0) is 51.2 Å². The van der Waals surface area contributed by atoms with Gasteiger partial charge in [0.1, 0.15) is 5.75 Å². The number of ether oxygens (including phenoxy) is 2. The van der Waals surface area contributed by atoms with E-state index >= 15 is 0 Å². The molecule has 1 aliphatic heterocycles. The zero-order valence-corrected chi connectivity index (χ0v) is 11.9. The number of benzene rings is 1. The minimum absolute atomic E-state index is 0.444. The summed E-state index contributed by atoms with van der Waals surface area (Å²) in [4.78, 5) is 0. The molecule has 0 spiro atoms. The first-order chi connectivity index (χ1) is 8.65. The van der Waals surface area contributed by atoms with Crippen LogP contribution in [-0.2, 0) is 4.74 Å². The standard InChI is InChI=1S/C16H24O2/c1-5-13(10-16-12(4)18-16)14-9-11(3)7-8-15(14)17-6-2/h7-9,12-13,16H,5-6,10H2,1-4H3. The smallest absolute Gasteiger partial charge is 0.122 e. The molecule has 0 aliphatic carbocycles. The Balaban J connectivity index is 2.19. The summed E-state index contributed by atoms with van der Waals surface area (Å²) in [6.45, 7) is 9.30. The van der Waals surface area contributed by atoms with E-state index in [0.717, 1.165) is 25.2 Å². The van der Waals surface area contributed by atoms with Crippen molar-refractivity contribution in [3.05, 3.63) is 29.3 Å². The number of hydrogen-bond donors (Lipinski definition) is 0. The van der Waals surface area contributed by atoms with E-state index in [2.05, 4.69) is 39.0 Å². The molecule has 1 heterocycles. The molecule has 2 heteroatoms. The summed E-state index contributed by atoms with van der Waals surface area (Å²) < 4.78 is 11.3. The summed E-state index contributed by atoms with van der Waals surface area (Å²) >= 11 is 0. The minimum Gasteiger partial charge on any atom is -0.494 e. The molecule has 100 valence electrons. The van der Waals surface area contributed by atoms with Gasteiger partial charge < -0.3 is 9.47 Å². The molecular formula is C16H24O2. The molecule has 3 atom stereocenters. The molecule has 0 N–H and O–H groups in total. The zero-order chi connectivity index (χ0) is 13.1. The average Bonchev–Trinajstić information content (AvgIpc) is 3.05. The van der Waals surface area contributed by atoms with Gasteiger partial charge in [0.15, 0.2) is 0 Å². The van der Waals surface area contributed by atoms with Crippen molar-refractivity contribution in [2.75, 3.05) is 6.61 Å². The molecule has 2 nitrogen and oxygen atoms in total. The SMILES string of the molecule is CCOc1ccc(C)cc1C(CC)CC1OC1C. The molecule has 1 aromatic carbocycles. The molecular weight excluding hydrogens is 224 g/mol. The van der Waals surface area contributed by atoms with Crippen LogP contribution in [-0.4, -0.2) is 18.8 Å². The second kappa shape index (κ2) is 5.75. The predicted molar refractivity (Wildman–Crippen MR) is 74.3 cm³/mol. The maximum Gasteiger partial charge on any atom is 0.122 e. The van der Waals surface area contributed by atoms with E-state index in [9.17, 15) is 0 Å². The molecule has 1 aliphatic rings. The summed E-state index contributed by atoms with van der Waals surface area (Å²) in [5.41, 5.74) is 2.65. The summed E-state index contributed by atoms with van der Waals surface area (Å²) in [7, 11) is 0. The molecule has 3 unspecified atom stereocenters. The Bertz CT molecular complexity index is 400. The zero-order valence-electron chi connectivity index (χ0n) is 11.9. The van der Waals surface area contributed by atoms with Gasteiger partial charge in [-0.1, -0.05) is 24.6 Å². The van der Waals surface area contributed by atoms with Crippen LogP contribution in [0.3, 0.4) is 0 Å². The maximum absolute atomic E-state index is 5.76. The third-order valence-corrected chi connectivity index (χ3v) is 3.75. The molecule has 1 aromatic rings. The lowest BCUT2D eigenvalue weighted by molar-refractivity contribution is 0.327. The van der Waals surface area contributed by atoms with E-state index < -0.39 is 0 Å². The molecule has 2 rings (SSSR count). The third-order valence-electron chi connectivity index (χ3n) is 3.75. The van der Waals surface area contributed by atoms with Crippen molar-refractivity contribution < 1.29 is 9.47 Å². The van der Waals surface area contributed by atoms with Crippen molar-refractivity contribution in [3.8, 4) is 5.75 Å². The van der Waals surface area contributed by atoms with E-state index in [1.165, 1.54) is 11.1 Å². The van der Waals surface area contributed by atoms with Gasteiger partial charge in [0.2, 0.25) is 0 Å². The number of aryl methyl sites for hydroxylation is 1. The van der Waals surface area contributed by atoms with Crippen LogP contribution in [0.2, 0.25) is 0 Å². The maximum atomic E-state index is 5.76. The van der Waals surface area contributed by atoms with Gasteiger partial charge in [0.05, 0.1) is 18.8 Å². The van der Waals surface area contributed by atoms with Crippen LogP contribution in [0.4, 0.5) is 0 Å². The van der Waals surface area contributed by atoms with Crippen molar-refractivity contribution in [1.29, 1.82) is 0 Å². The summed E-state index contributed by atoms with van der Waals surface area (Å²) in [5, 5.41) is 0. The fraction of sp³-hybridized carbons (Fsp3) is 0.625. The van der Waals surface area contributed by atoms with E-state index in [1.54, 1.807) is 0 Å². The first kappa shape index (κ1) is 13.4. The Hall–Kier alpha value is -1.02. The van der Waals surface area contributed by atoms with Crippen LogP contribution in [0.25, 0.3) is 0 Å². The van der Waals surface area contributed by atoms with Crippen molar-refractivity contribution >= 4 is 0 Å². The van der Waals surface area contributed by atoms with Gasteiger partial charge in [-0.25, -0.2) is 0 Å². The molecule has 0 bridgehead atoms. The second-order valence-electron chi connectivity index (χ2n) is 5.19. The molecule has 0 amide bonds. The quantitative estimate of drug-likeness (QED) is 0.708. The highest BCUT2D eigenvalue weighted by atomic mass is 16.6. The first-order valence-corrected chi connectivity index (χ1v) is 7.04. The normalized spacial score (nSPS) is 23.8. The Labute approximate surface area is 110 Å². The topological polar surface area (TPSA) is 21.8 Å². The van der Waals surface area contributed by atoms with E-state index in [0.29, 0.717) is 18.1 Å². The number of hydrogen-bond acceptors (Lipinski definition) is 2. The van der Waals surface area contributed by atoms with Gasteiger partial charge in [0, 0.05) is 0 Å². The van der Waals surface area contributed by atoms with Crippen LogP contribution >= 0.6 is 0 Å². The average molecular weight is 248 g/mol. The number of epoxide rings is 1. The Kier molecular flexibility index (Phi) is 4.28. The Morgan fingerprint density at radius 2 is 2.06 bits per heavy atom. The molecule has 0 aromatic heterocycles. The van der Waals surface area contributed by atoms with Gasteiger partial charge in [-0.2, -0.15) is 0 Å². The highest BCUT2D eigenvalue weighted by Gasteiger charge is 2.36. The fourth-order valence-corrected chi connectivity index (χ4v) is 2.55. The Morgan fingerprint density at radius 1 is 1.33 bits per heavy atom. The highest BCUT2D eigenvalue weighted by molar-refractivity contribution is 5.39. The van der Waals surface area contributed by atoms with Crippen LogP contribution in [0.15, 0.2) is 18.2 Å². The van der Waals surface area contributed by atoms with Crippen LogP contribution in [0, 0.1) is 6.92 Å². The van der Waals surface area contributed by atoms with Crippen molar-refractivity contribution in [2.24, 2.45) is 0 Å². The predicted octanol–water partition coefficient (Wildman–Crippen LogP) is 4.06. The molecule has 18 heavy (non-hydrogen) atoms. The van der Waals surface area contributed by atoms with Crippen molar-refractivity contribution in [1.82, 2.24) is 0 Å². The molecule has 0 saturated carbocycles. The Morgan fingerprint density at radius 3 is 2.61 bits per heavy atom. The van der Waals surface area contributed by atoms with E-state index in [1.807, 2.05) is 6.92 Å². The van der Waals surface area contributed by atoms with E-state index in [-0.39, 0.29) is 0 Å². The number of rotatable bonds is 6. The second-order valence-corrected chi connectivity index (χ2v) is 5.19. The minimum atomic E-state index is 0.444. The lowest BCUT2D eigenvalue weighted by atomic mass is 9.89. The summed E-state index contributed by atoms with van der Waals surface area (Å²) in [6, 6.07) is 6.50. The molecule has 0 radical (unpaired) electrons.